The van der Waals surface area contributed by atoms with Crippen LogP contribution in [-0.2, 0) is 0 Å². The first-order chi connectivity index (χ1) is 31.8. The number of hydrogen-bond acceptors (Lipinski definition) is 3. The smallest absolute Gasteiger partial charge is 0.235 e. The van der Waals surface area contributed by atoms with Gasteiger partial charge in [0.15, 0.2) is 0 Å². The molecule has 0 radical (unpaired) electrons. The Labute approximate surface area is 371 Å². The molecule has 0 saturated carbocycles. The molecule has 0 fully saturated rings. The van der Waals surface area contributed by atoms with Gasteiger partial charge in [0.2, 0.25) is 5.95 Å². The number of nitrogens with zero attached hydrogens (tertiary/aromatic N) is 3. The van der Waals surface area contributed by atoms with Crippen LogP contribution in [-0.4, -0.2) is 14.5 Å². The monoisotopic (exact) mass is 829 g/mol. The molecule has 0 unspecified atom stereocenters. The summed E-state index contributed by atoms with van der Waals surface area (Å²) >= 11 is 1.88. The lowest BCUT2D eigenvalue weighted by atomic mass is 9.95. The zero-order valence-corrected chi connectivity index (χ0v) is 35.3. The summed E-state index contributed by atoms with van der Waals surface area (Å²) in [7, 11) is 0. The third-order valence-electron chi connectivity index (χ3n) is 13.4. The van der Waals surface area contributed by atoms with Crippen molar-refractivity contribution in [3.05, 3.63) is 212 Å². The molecule has 14 rings (SSSR count). The molecule has 0 bridgehead atoms. The number of benzene rings is 11. The van der Waals surface area contributed by atoms with Crippen LogP contribution >= 0.6 is 11.3 Å². The average molecular weight is 830 g/mol. The van der Waals surface area contributed by atoms with Gasteiger partial charge in [0.25, 0.3) is 0 Å². The van der Waals surface area contributed by atoms with Gasteiger partial charge in [-0.15, -0.1) is 11.3 Å². The van der Waals surface area contributed by atoms with Gasteiger partial charge in [-0.3, -0.25) is 4.57 Å². The quantitative estimate of drug-likeness (QED) is 0.165. The molecule has 0 amide bonds. The molecule has 64 heavy (non-hydrogen) atoms. The minimum Gasteiger partial charge on any atom is -0.277 e. The number of hydrogen-bond donors (Lipinski definition) is 0. The number of rotatable bonds is 4. The van der Waals surface area contributed by atoms with Gasteiger partial charge in [0.05, 0.1) is 22.2 Å². The maximum Gasteiger partial charge on any atom is 0.235 e. The van der Waals surface area contributed by atoms with Gasteiger partial charge in [-0.05, 0) is 61.0 Å². The first kappa shape index (κ1) is 35.4. The van der Waals surface area contributed by atoms with Crippen LogP contribution in [0.25, 0.3) is 135 Å². The van der Waals surface area contributed by atoms with Crippen LogP contribution in [0.3, 0.4) is 0 Å². The van der Waals surface area contributed by atoms with E-state index in [1.807, 2.05) is 11.3 Å². The van der Waals surface area contributed by atoms with Gasteiger partial charge in [-0.2, -0.15) is 0 Å². The molecule has 14 aromatic rings. The van der Waals surface area contributed by atoms with E-state index in [0.717, 1.165) is 38.8 Å². The molecule has 0 aliphatic carbocycles. The second-order valence-electron chi connectivity index (χ2n) is 16.8. The average Bonchev–Trinajstić information content (AvgIpc) is 3.93. The number of para-hydroxylation sites is 2. The Kier molecular flexibility index (Phi) is 7.56. The molecule has 3 nitrogen and oxygen atoms in total. The Morgan fingerprint density at radius 3 is 1.70 bits per heavy atom. The van der Waals surface area contributed by atoms with Crippen molar-refractivity contribution in [2.24, 2.45) is 0 Å². The first-order valence-electron chi connectivity index (χ1n) is 21.8. The Morgan fingerprint density at radius 2 is 0.891 bits per heavy atom. The highest BCUT2D eigenvalue weighted by Gasteiger charge is 2.25. The molecule has 0 atom stereocenters. The molecule has 0 N–H and O–H groups in total. The van der Waals surface area contributed by atoms with E-state index >= 15 is 0 Å². The van der Waals surface area contributed by atoms with Crippen molar-refractivity contribution in [1.29, 1.82) is 0 Å². The Hall–Kier alpha value is -8.18. The summed E-state index contributed by atoms with van der Waals surface area (Å²) in [4.78, 5) is 11.2. The molecule has 0 aliphatic heterocycles. The fourth-order valence-electron chi connectivity index (χ4n) is 10.6. The Balaban J connectivity index is 1.09. The van der Waals surface area contributed by atoms with E-state index in [1.165, 1.54) is 90.7 Å². The van der Waals surface area contributed by atoms with Gasteiger partial charge in [-0.1, -0.05) is 200 Å². The van der Waals surface area contributed by atoms with E-state index in [-0.39, 0.29) is 0 Å². The maximum atomic E-state index is 5.67. The minimum atomic E-state index is 0.647. The van der Waals surface area contributed by atoms with E-state index in [2.05, 4.69) is 217 Å². The molecule has 296 valence electrons. The van der Waals surface area contributed by atoms with Crippen LogP contribution in [0.1, 0.15) is 0 Å². The summed E-state index contributed by atoms with van der Waals surface area (Å²) in [5, 5.41) is 15.9. The maximum absolute atomic E-state index is 5.67. The molecular formula is C60H35N3S. The van der Waals surface area contributed by atoms with Crippen molar-refractivity contribution in [3.63, 3.8) is 0 Å². The first-order valence-corrected chi connectivity index (χ1v) is 22.6. The molecule has 0 spiro atoms. The van der Waals surface area contributed by atoms with E-state index in [4.69, 9.17) is 9.97 Å². The van der Waals surface area contributed by atoms with Crippen LogP contribution in [0.5, 0.6) is 0 Å². The highest BCUT2D eigenvalue weighted by Crippen LogP contribution is 2.48. The van der Waals surface area contributed by atoms with E-state index in [0.29, 0.717) is 5.95 Å². The van der Waals surface area contributed by atoms with Gasteiger partial charge in [-0.25, -0.2) is 9.97 Å². The fraction of sp³-hybridized carbons (Fsp3) is 0. The van der Waals surface area contributed by atoms with Crippen molar-refractivity contribution < 1.29 is 0 Å². The molecule has 3 heterocycles. The van der Waals surface area contributed by atoms with Crippen LogP contribution in [0.2, 0.25) is 0 Å². The molecule has 0 saturated heterocycles. The fourth-order valence-corrected chi connectivity index (χ4v) is 11.8. The Morgan fingerprint density at radius 1 is 0.328 bits per heavy atom. The SMILES string of the molecule is c1ccc2c(-c3ccc(-c4nc(-n5c6c(-c7cccc8c7sc7ccc9ccccc9c78)cccc6c6c7ccccc7c7ccccc7c65)nc5ccccc45)cc3)cccc2c1. The van der Waals surface area contributed by atoms with Crippen LogP contribution < -0.4 is 0 Å². The second-order valence-corrected chi connectivity index (χ2v) is 17.8. The van der Waals surface area contributed by atoms with Crippen molar-refractivity contribution >= 4 is 107 Å². The summed E-state index contributed by atoms with van der Waals surface area (Å²) in [6.07, 6.45) is 0. The number of aromatic nitrogens is 3. The van der Waals surface area contributed by atoms with E-state index in [9.17, 15) is 0 Å². The second kappa shape index (κ2) is 13.7. The third kappa shape index (κ3) is 5.09. The van der Waals surface area contributed by atoms with Gasteiger partial charge >= 0.3 is 0 Å². The summed E-state index contributed by atoms with van der Waals surface area (Å²) in [6, 6.07) is 77.2. The van der Waals surface area contributed by atoms with E-state index in [1.54, 1.807) is 0 Å². The van der Waals surface area contributed by atoms with Crippen molar-refractivity contribution in [1.82, 2.24) is 14.5 Å². The molecule has 0 aliphatic rings. The third-order valence-corrected chi connectivity index (χ3v) is 14.6. The highest BCUT2D eigenvalue weighted by molar-refractivity contribution is 7.26. The number of fused-ring (bicyclic) bond motifs is 15. The summed E-state index contributed by atoms with van der Waals surface area (Å²) in [5.74, 6) is 0.647. The van der Waals surface area contributed by atoms with Gasteiger partial charge < -0.3 is 0 Å². The molecule has 4 heteroatoms. The largest absolute Gasteiger partial charge is 0.277 e. The predicted octanol–water partition coefficient (Wildman–Crippen LogP) is 16.7. The van der Waals surface area contributed by atoms with Crippen LogP contribution in [0.15, 0.2) is 212 Å². The summed E-state index contributed by atoms with van der Waals surface area (Å²) in [6.45, 7) is 0. The lowest BCUT2D eigenvalue weighted by Crippen LogP contribution is -2.04. The summed E-state index contributed by atoms with van der Waals surface area (Å²) in [5.41, 5.74) is 9.81. The van der Waals surface area contributed by atoms with Gasteiger partial charge in [0.1, 0.15) is 0 Å². The number of thiophene rings is 1. The van der Waals surface area contributed by atoms with Crippen molar-refractivity contribution in [2.75, 3.05) is 0 Å². The van der Waals surface area contributed by atoms with Crippen LogP contribution in [0, 0.1) is 0 Å². The van der Waals surface area contributed by atoms with Gasteiger partial charge in [0, 0.05) is 58.4 Å². The molecule has 11 aromatic carbocycles. The normalized spacial score (nSPS) is 12.1. The van der Waals surface area contributed by atoms with Crippen molar-refractivity contribution in [2.45, 2.75) is 0 Å². The minimum absolute atomic E-state index is 0.647. The van der Waals surface area contributed by atoms with Crippen LogP contribution in [0.4, 0.5) is 0 Å². The molecular weight excluding hydrogens is 795 g/mol. The molecule has 3 aromatic heterocycles. The zero-order valence-electron chi connectivity index (χ0n) is 34.5. The van der Waals surface area contributed by atoms with Crippen molar-refractivity contribution in [3.8, 4) is 39.5 Å². The Bertz CT molecular complexity index is 4250. The predicted molar refractivity (Wildman–Crippen MR) is 273 cm³/mol. The summed E-state index contributed by atoms with van der Waals surface area (Å²) < 4.78 is 4.95. The zero-order chi connectivity index (χ0) is 41.9. The van der Waals surface area contributed by atoms with E-state index < -0.39 is 0 Å². The topological polar surface area (TPSA) is 30.7 Å². The lowest BCUT2D eigenvalue weighted by Gasteiger charge is -2.15. The standard InChI is InChI=1S/C60H35N3S/c1-3-17-40-36(14-1)16-11-24-41(40)38-30-32-39(33-31-38)56-49-23-9-10-29-52(49)61-60(62-56)63-57-47(48-26-13-28-51-54-42-18-4-2-15-37(42)34-35-53(54)64-59(48)51)25-12-27-50(57)55-45-21-7-5-19-43(45)44-20-6-8-22-46(44)58(55)63/h1-35H. The highest BCUT2D eigenvalue weighted by atomic mass is 32.1. The lowest BCUT2D eigenvalue weighted by molar-refractivity contribution is 1.02.